The van der Waals surface area contributed by atoms with Crippen molar-refractivity contribution in [3.8, 4) is 0 Å². The molecule has 1 aliphatic heterocycles. The lowest BCUT2D eigenvalue weighted by molar-refractivity contribution is -0.137. The Hall–Kier alpha value is -5.84. The van der Waals surface area contributed by atoms with Crippen molar-refractivity contribution in [3.05, 3.63) is 71.8 Å². The fourth-order valence-electron chi connectivity index (χ4n) is 5.97. The van der Waals surface area contributed by atoms with Crippen LogP contribution in [0.4, 0.5) is 0 Å². The molecule has 1 heterocycles. The van der Waals surface area contributed by atoms with E-state index in [1.807, 2.05) is 6.92 Å². The van der Waals surface area contributed by atoms with Gasteiger partial charge in [-0.2, -0.15) is 0 Å². The van der Waals surface area contributed by atoms with E-state index in [1.165, 1.54) is 6.92 Å². The molecule has 1 fully saturated rings. The number of amides is 8. The van der Waals surface area contributed by atoms with Crippen LogP contribution in [0.25, 0.3) is 0 Å². The van der Waals surface area contributed by atoms with Gasteiger partial charge in [0.2, 0.25) is 47.3 Å². The van der Waals surface area contributed by atoms with Gasteiger partial charge in [-0.1, -0.05) is 101 Å². The van der Waals surface area contributed by atoms with Gasteiger partial charge in [0.1, 0.15) is 30.2 Å². The summed E-state index contributed by atoms with van der Waals surface area (Å²) >= 11 is 0. The fraction of sp³-hybridized carbons (Fsp3) is 0.500. The second-order valence-corrected chi connectivity index (χ2v) is 14.3. The Labute approximate surface area is 332 Å². The molecule has 0 unspecified atom stereocenters. The predicted octanol–water partition coefficient (Wildman–Crippen LogP) is -1.27. The van der Waals surface area contributed by atoms with Crippen LogP contribution in [0, 0.1) is 11.8 Å². The number of carbonyl (C=O) groups excluding carboxylic acids is 8. The molecule has 0 spiro atoms. The molecule has 2 aromatic rings. The van der Waals surface area contributed by atoms with E-state index in [4.69, 9.17) is 0 Å². The Morgan fingerprint density at radius 3 is 1.33 bits per heavy atom. The summed E-state index contributed by atoms with van der Waals surface area (Å²) in [6, 6.07) is 11.3. The molecule has 3 rings (SSSR count). The van der Waals surface area contributed by atoms with Gasteiger partial charge in [-0.25, -0.2) is 0 Å². The Morgan fingerprint density at radius 1 is 0.491 bits per heavy atom. The number of nitrogens with one attached hydrogen (secondary N) is 8. The van der Waals surface area contributed by atoms with Gasteiger partial charge < -0.3 is 47.6 Å². The van der Waals surface area contributed by atoms with Crippen molar-refractivity contribution in [3.63, 3.8) is 0 Å². The highest BCUT2D eigenvalue weighted by atomic mass is 16.3. The first-order valence-electron chi connectivity index (χ1n) is 19.2. The molecule has 17 heteroatoms. The molecule has 1 saturated heterocycles. The summed E-state index contributed by atoms with van der Waals surface area (Å²) in [6.07, 6.45) is -0.496. The maximum absolute atomic E-state index is 14.0. The molecule has 0 bridgehead atoms. The van der Waals surface area contributed by atoms with E-state index < -0.39 is 115 Å². The Morgan fingerprint density at radius 2 is 0.877 bits per heavy atom. The van der Waals surface area contributed by atoms with Crippen molar-refractivity contribution in [2.45, 2.75) is 96.6 Å². The molecule has 0 saturated carbocycles. The molecule has 0 radical (unpaired) electrons. The third kappa shape index (κ3) is 14.6. The van der Waals surface area contributed by atoms with Gasteiger partial charge in [0.05, 0.1) is 25.7 Å². The van der Waals surface area contributed by atoms with Gasteiger partial charge in [-0.15, -0.1) is 0 Å². The fourth-order valence-corrected chi connectivity index (χ4v) is 5.97. The van der Waals surface area contributed by atoms with E-state index in [1.54, 1.807) is 81.4 Å². The van der Waals surface area contributed by atoms with Gasteiger partial charge in [0, 0.05) is 12.8 Å². The minimum Gasteiger partial charge on any atom is -0.391 e. The highest BCUT2D eigenvalue weighted by Gasteiger charge is 2.36. The van der Waals surface area contributed by atoms with E-state index in [9.17, 15) is 43.5 Å². The lowest BCUT2D eigenvalue weighted by Gasteiger charge is -2.31. The van der Waals surface area contributed by atoms with Crippen LogP contribution in [0.5, 0.6) is 0 Å². The molecule has 8 amide bonds. The van der Waals surface area contributed by atoms with Crippen LogP contribution in [0.2, 0.25) is 0 Å². The Balaban J connectivity index is 1.99. The number of carbonyl (C=O) groups is 8. The summed E-state index contributed by atoms with van der Waals surface area (Å²) in [5, 5.41) is 30.8. The van der Waals surface area contributed by atoms with Crippen LogP contribution in [0.3, 0.4) is 0 Å². The van der Waals surface area contributed by atoms with Crippen molar-refractivity contribution in [1.29, 1.82) is 0 Å². The number of benzene rings is 2. The normalized spacial score (nSPS) is 24.4. The second kappa shape index (κ2) is 22.6. The molecular formula is C40H56N8O9. The number of hydrogen-bond donors (Lipinski definition) is 9. The van der Waals surface area contributed by atoms with E-state index in [-0.39, 0.29) is 12.8 Å². The number of aliphatic hydroxyl groups excluding tert-OH is 1. The maximum atomic E-state index is 14.0. The minimum absolute atomic E-state index is 0.0281. The summed E-state index contributed by atoms with van der Waals surface area (Å²) in [4.78, 5) is 107. The van der Waals surface area contributed by atoms with Gasteiger partial charge in [0.25, 0.3) is 0 Å². The van der Waals surface area contributed by atoms with Crippen LogP contribution < -0.4 is 42.5 Å². The largest absolute Gasteiger partial charge is 0.391 e. The zero-order valence-corrected chi connectivity index (χ0v) is 33.1. The number of hydrogen-bond acceptors (Lipinski definition) is 9. The number of aliphatic hydroxyl groups is 1. The SMILES string of the molecule is CC[C@@H](C)[C@@H]1NC(=O)[C@H]([C@H](C)O)NC(=O)CNC(=O)CNC(=O)[C@H](Cc2ccccc2)NC(=O)CNC(=O)[C@H](Cc2ccccc2)NC(=O)[C@H]([C@@H](C)CC)NC1=O. The molecule has 9 N–H and O–H groups in total. The standard InChI is InChI=1S/C40H56N8O9/c1-6-23(3)33-38(55)45-29(19-27-16-12-9-13-17-27)37(54)43-22-31(51)44-28(18-26-14-10-8-11-15-26)36(53)42-20-30(50)41-21-32(52)46-35(25(5)49)40(57)48-34(24(4)7-2)39(56)47-33/h8-17,23-25,28-29,33-35,49H,6-7,18-22H2,1-5H3,(H,41,50)(H,42,53)(H,43,54)(H,44,51)(H,45,55)(H,46,52)(H,47,56)(H,48,57)/t23-,24+,25-,28-,29-,33-,34-,35-/m0/s1. The Bertz CT molecular complexity index is 1710. The van der Waals surface area contributed by atoms with Crippen LogP contribution in [0.15, 0.2) is 60.7 Å². The van der Waals surface area contributed by atoms with Gasteiger partial charge >= 0.3 is 0 Å². The minimum atomic E-state index is -1.53. The number of rotatable bonds is 9. The van der Waals surface area contributed by atoms with Crippen LogP contribution in [-0.4, -0.2) is 108 Å². The van der Waals surface area contributed by atoms with Crippen molar-refractivity contribution < 1.29 is 43.5 Å². The van der Waals surface area contributed by atoms with E-state index >= 15 is 0 Å². The van der Waals surface area contributed by atoms with Crippen LogP contribution in [-0.2, 0) is 51.2 Å². The molecule has 2 aromatic carbocycles. The molecular weight excluding hydrogens is 736 g/mol. The molecule has 0 aromatic heterocycles. The highest BCUT2D eigenvalue weighted by molar-refractivity contribution is 5.97. The van der Waals surface area contributed by atoms with Crippen LogP contribution in [0.1, 0.15) is 58.6 Å². The monoisotopic (exact) mass is 792 g/mol. The summed E-state index contributed by atoms with van der Waals surface area (Å²) in [5.74, 6) is -6.95. The van der Waals surface area contributed by atoms with Crippen molar-refractivity contribution in [2.75, 3.05) is 19.6 Å². The quantitative estimate of drug-likeness (QED) is 0.147. The zero-order valence-electron chi connectivity index (χ0n) is 33.1. The zero-order chi connectivity index (χ0) is 42.1. The average molecular weight is 793 g/mol. The third-order valence-corrected chi connectivity index (χ3v) is 9.81. The second-order valence-electron chi connectivity index (χ2n) is 14.3. The smallest absolute Gasteiger partial charge is 0.245 e. The summed E-state index contributed by atoms with van der Waals surface area (Å²) in [7, 11) is 0. The molecule has 57 heavy (non-hydrogen) atoms. The first kappa shape index (κ1) is 45.5. The summed E-state index contributed by atoms with van der Waals surface area (Å²) in [6.45, 7) is 6.57. The highest BCUT2D eigenvalue weighted by Crippen LogP contribution is 2.14. The topological polar surface area (TPSA) is 253 Å². The predicted molar refractivity (Wildman–Crippen MR) is 210 cm³/mol. The molecule has 17 nitrogen and oxygen atoms in total. The first-order chi connectivity index (χ1) is 27.1. The Kier molecular flexibility index (Phi) is 18.1. The lowest BCUT2D eigenvalue weighted by Crippen LogP contribution is -2.62. The summed E-state index contributed by atoms with van der Waals surface area (Å²) in [5.41, 5.74) is 1.39. The van der Waals surface area contributed by atoms with Crippen molar-refractivity contribution in [1.82, 2.24) is 42.5 Å². The van der Waals surface area contributed by atoms with E-state index in [0.29, 0.717) is 24.0 Å². The molecule has 0 aliphatic carbocycles. The van der Waals surface area contributed by atoms with Gasteiger partial charge in [-0.05, 0) is 29.9 Å². The van der Waals surface area contributed by atoms with E-state index in [2.05, 4.69) is 42.5 Å². The third-order valence-electron chi connectivity index (χ3n) is 9.81. The van der Waals surface area contributed by atoms with E-state index in [0.717, 1.165) is 0 Å². The first-order valence-corrected chi connectivity index (χ1v) is 19.2. The lowest BCUT2D eigenvalue weighted by atomic mass is 9.94. The van der Waals surface area contributed by atoms with Crippen molar-refractivity contribution in [2.24, 2.45) is 11.8 Å². The van der Waals surface area contributed by atoms with Gasteiger partial charge in [0.15, 0.2) is 0 Å². The average Bonchev–Trinajstić information content (AvgIpc) is 3.20. The van der Waals surface area contributed by atoms with Crippen LogP contribution >= 0.6 is 0 Å². The summed E-state index contributed by atoms with van der Waals surface area (Å²) < 4.78 is 0. The molecule has 310 valence electrons. The molecule has 8 atom stereocenters. The van der Waals surface area contributed by atoms with Gasteiger partial charge in [-0.3, -0.25) is 38.4 Å². The van der Waals surface area contributed by atoms with Crippen molar-refractivity contribution >= 4 is 47.3 Å². The maximum Gasteiger partial charge on any atom is 0.245 e. The molecule has 1 aliphatic rings.